The molecule has 0 bridgehead atoms. The molecule has 8 nitrogen and oxygen atoms in total. The van der Waals surface area contributed by atoms with Crippen LogP contribution in [0, 0.1) is 5.92 Å². The van der Waals surface area contributed by atoms with Crippen molar-refractivity contribution in [3.8, 4) is 11.5 Å². The Morgan fingerprint density at radius 2 is 2.06 bits per heavy atom. The molecule has 1 amide bonds. The molecule has 0 spiro atoms. The van der Waals surface area contributed by atoms with Gasteiger partial charge in [-0.3, -0.25) is 0 Å². The lowest BCUT2D eigenvalue weighted by molar-refractivity contribution is 0.0168. The zero-order valence-corrected chi connectivity index (χ0v) is 19.6. The summed E-state index contributed by atoms with van der Waals surface area (Å²) in [6, 6.07) is 9.81. The third-order valence-electron chi connectivity index (χ3n) is 5.04. The number of hydrogen-bond donors (Lipinski definition) is 2. The summed E-state index contributed by atoms with van der Waals surface area (Å²) in [6.07, 6.45) is 3.45. The summed E-state index contributed by atoms with van der Waals surface area (Å²) in [5.74, 6) is 1.67. The molecule has 1 atom stereocenters. The Morgan fingerprint density at radius 3 is 2.78 bits per heavy atom. The number of oxazole rings is 1. The van der Waals surface area contributed by atoms with Gasteiger partial charge in [-0.2, -0.15) is 0 Å². The number of carbonyl (C=O) groups excluding carboxylic acids is 1. The standard InChI is InChI=1S/C24H35N5O3/c1-5-25-22(27-15-20-17-31-21(28-20)19-11-7-6-8-12-19)26-14-18-10-9-13-29(16-18)23(30)32-24(2,3)4/h6-8,11-12,17-18H,5,9-10,13-16H2,1-4H3,(H2,25,26,27). The van der Waals surface area contributed by atoms with Crippen molar-refractivity contribution in [3.05, 3.63) is 42.3 Å². The molecule has 0 aliphatic carbocycles. The third kappa shape index (κ3) is 7.28. The van der Waals surface area contributed by atoms with Crippen molar-refractivity contribution in [1.29, 1.82) is 0 Å². The lowest BCUT2D eigenvalue weighted by Gasteiger charge is -2.34. The van der Waals surface area contributed by atoms with Crippen LogP contribution in [0.25, 0.3) is 11.5 Å². The number of aromatic nitrogens is 1. The molecule has 0 radical (unpaired) electrons. The van der Waals surface area contributed by atoms with Crippen molar-refractivity contribution < 1.29 is 13.9 Å². The van der Waals surface area contributed by atoms with E-state index in [9.17, 15) is 4.79 Å². The fourth-order valence-electron chi connectivity index (χ4n) is 3.56. The summed E-state index contributed by atoms with van der Waals surface area (Å²) in [6.45, 7) is 11.1. The first-order valence-electron chi connectivity index (χ1n) is 11.3. The number of benzene rings is 1. The normalized spacial score (nSPS) is 17.2. The first-order valence-corrected chi connectivity index (χ1v) is 11.3. The van der Waals surface area contributed by atoms with E-state index in [0.29, 0.717) is 24.9 Å². The molecule has 1 aromatic carbocycles. The van der Waals surface area contributed by atoms with Crippen molar-refractivity contribution in [3.63, 3.8) is 0 Å². The van der Waals surface area contributed by atoms with E-state index in [0.717, 1.165) is 49.7 Å². The maximum absolute atomic E-state index is 12.4. The van der Waals surface area contributed by atoms with Gasteiger partial charge in [0.1, 0.15) is 17.6 Å². The van der Waals surface area contributed by atoms with E-state index in [1.807, 2.05) is 62.9 Å². The number of hydrogen-bond acceptors (Lipinski definition) is 5. The number of piperidine rings is 1. The van der Waals surface area contributed by atoms with Gasteiger partial charge in [0.15, 0.2) is 5.96 Å². The number of ether oxygens (including phenoxy) is 1. The number of aliphatic imine (C=N–C) groups is 1. The van der Waals surface area contributed by atoms with Crippen LogP contribution in [0.4, 0.5) is 4.79 Å². The van der Waals surface area contributed by atoms with Gasteiger partial charge in [-0.1, -0.05) is 18.2 Å². The summed E-state index contributed by atoms with van der Waals surface area (Å²) in [5.41, 5.74) is 1.24. The van der Waals surface area contributed by atoms with Gasteiger partial charge in [0.25, 0.3) is 0 Å². The Kier molecular flexibility index (Phi) is 8.14. The Labute approximate surface area is 190 Å². The summed E-state index contributed by atoms with van der Waals surface area (Å²) in [7, 11) is 0. The van der Waals surface area contributed by atoms with Crippen molar-refractivity contribution in [2.75, 3.05) is 26.2 Å². The topological polar surface area (TPSA) is 92.0 Å². The van der Waals surface area contributed by atoms with Crippen LogP contribution in [-0.2, 0) is 11.3 Å². The van der Waals surface area contributed by atoms with Gasteiger partial charge in [-0.05, 0) is 58.6 Å². The highest BCUT2D eigenvalue weighted by molar-refractivity contribution is 5.79. The SMILES string of the molecule is CCNC(=NCc1coc(-c2ccccc2)n1)NCC1CCCN(C(=O)OC(C)(C)C)C1. The van der Waals surface area contributed by atoms with E-state index in [1.54, 1.807) is 6.26 Å². The zero-order valence-electron chi connectivity index (χ0n) is 19.6. The highest BCUT2D eigenvalue weighted by atomic mass is 16.6. The molecular formula is C24H35N5O3. The fraction of sp³-hybridized carbons (Fsp3) is 0.542. The molecule has 1 saturated heterocycles. The van der Waals surface area contributed by atoms with E-state index < -0.39 is 5.60 Å². The number of guanidine groups is 1. The van der Waals surface area contributed by atoms with E-state index in [1.165, 1.54) is 0 Å². The van der Waals surface area contributed by atoms with Gasteiger partial charge in [-0.25, -0.2) is 14.8 Å². The van der Waals surface area contributed by atoms with E-state index in [2.05, 4.69) is 20.6 Å². The van der Waals surface area contributed by atoms with Crippen molar-refractivity contribution in [2.45, 2.75) is 52.7 Å². The second-order valence-corrected chi connectivity index (χ2v) is 9.02. The average Bonchev–Trinajstić information content (AvgIpc) is 3.24. The Morgan fingerprint density at radius 1 is 1.28 bits per heavy atom. The Hall–Kier alpha value is -3.03. The second-order valence-electron chi connectivity index (χ2n) is 9.02. The number of likely N-dealkylation sites (tertiary alicyclic amines) is 1. The molecule has 1 aliphatic rings. The average molecular weight is 442 g/mol. The highest BCUT2D eigenvalue weighted by Crippen LogP contribution is 2.20. The van der Waals surface area contributed by atoms with Gasteiger partial charge in [0.2, 0.25) is 5.89 Å². The quantitative estimate of drug-likeness (QED) is 0.519. The molecule has 8 heteroatoms. The maximum Gasteiger partial charge on any atom is 0.410 e. The second kappa shape index (κ2) is 11.0. The molecule has 1 unspecified atom stereocenters. The van der Waals surface area contributed by atoms with E-state index in [4.69, 9.17) is 9.15 Å². The van der Waals surface area contributed by atoms with Crippen LogP contribution in [0.3, 0.4) is 0 Å². The van der Waals surface area contributed by atoms with Crippen molar-refractivity contribution >= 4 is 12.1 Å². The van der Waals surface area contributed by atoms with Crippen LogP contribution in [0.15, 0.2) is 46.0 Å². The minimum Gasteiger partial charge on any atom is -0.444 e. The van der Waals surface area contributed by atoms with Gasteiger partial charge < -0.3 is 24.7 Å². The third-order valence-corrected chi connectivity index (χ3v) is 5.04. The van der Waals surface area contributed by atoms with E-state index in [-0.39, 0.29) is 6.09 Å². The molecule has 2 N–H and O–H groups in total. The molecule has 174 valence electrons. The first-order chi connectivity index (χ1) is 15.3. The smallest absolute Gasteiger partial charge is 0.410 e. The summed E-state index contributed by atoms with van der Waals surface area (Å²) in [4.78, 5) is 23.4. The molecule has 1 aromatic heterocycles. The predicted octanol–water partition coefficient (Wildman–Crippen LogP) is 4.04. The Bertz CT molecular complexity index is 889. The van der Waals surface area contributed by atoms with Crippen LogP contribution in [-0.4, -0.2) is 53.7 Å². The van der Waals surface area contributed by atoms with Gasteiger partial charge >= 0.3 is 6.09 Å². The van der Waals surface area contributed by atoms with Gasteiger partial charge in [0, 0.05) is 31.7 Å². The summed E-state index contributed by atoms with van der Waals surface area (Å²) < 4.78 is 11.1. The lowest BCUT2D eigenvalue weighted by atomic mass is 9.98. The number of carbonyl (C=O) groups is 1. The van der Waals surface area contributed by atoms with Gasteiger partial charge in [-0.15, -0.1) is 0 Å². The predicted molar refractivity (Wildman–Crippen MR) is 125 cm³/mol. The molecule has 1 aliphatic heterocycles. The molecule has 32 heavy (non-hydrogen) atoms. The minimum atomic E-state index is -0.478. The minimum absolute atomic E-state index is 0.233. The maximum atomic E-state index is 12.4. The molecule has 3 rings (SSSR count). The van der Waals surface area contributed by atoms with Crippen LogP contribution in [0.2, 0.25) is 0 Å². The number of nitrogens with zero attached hydrogens (tertiary/aromatic N) is 3. The van der Waals surface area contributed by atoms with Crippen LogP contribution < -0.4 is 10.6 Å². The van der Waals surface area contributed by atoms with Crippen molar-refractivity contribution in [2.24, 2.45) is 10.9 Å². The summed E-state index contributed by atoms with van der Waals surface area (Å²) in [5, 5.41) is 6.68. The fourth-order valence-corrected chi connectivity index (χ4v) is 3.56. The molecule has 2 aromatic rings. The lowest BCUT2D eigenvalue weighted by Crippen LogP contribution is -2.47. The number of nitrogens with one attached hydrogen (secondary N) is 2. The molecule has 0 saturated carbocycles. The zero-order chi connectivity index (χ0) is 23.0. The number of amides is 1. The molecule has 2 heterocycles. The number of rotatable bonds is 6. The monoisotopic (exact) mass is 441 g/mol. The Balaban J connectivity index is 1.53. The van der Waals surface area contributed by atoms with Crippen molar-refractivity contribution in [1.82, 2.24) is 20.5 Å². The largest absolute Gasteiger partial charge is 0.444 e. The molecular weight excluding hydrogens is 406 g/mol. The summed E-state index contributed by atoms with van der Waals surface area (Å²) >= 11 is 0. The van der Waals surface area contributed by atoms with Gasteiger partial charge in [0.05, 0.1) is 6.54 Å². The van der Waals surface area contributed by atoms with Crippen LogP contribution in [0.5, 0.6) is 0 Å². The van der Waals surface area contributed by atoms with Crippen LogP contribution in [0.1, 0.15) is 46.2 Å². The highest BCUT2D eigenvalue weighted by Gasteiger charge is 2.27. The first kappa shape index (κ1) is 23.6. The van der Waals surface area contributed by atoms with Crippen LogP contribution >= 0.6 is 0 Å². The molecule has 1 fully saturated rings. The van der Waals surface area contributed by atoms with E-state index >= 15 is 0 Å².